The van der Waals surface area contributed by atoms with Gasteiger partial charge in [-0.2, -0.15) is 0 Å². The highest BCUT2D eigenvalue weighted by Crippen LogP contribution is 2.30. The van der Waals surface area contributed by atoms with Crippen LogP contribution in [0.5, 0.6) is 5.75 Å². The van der Waals surface area contributed by atoms with Gasteiger partial charge >= 0.3 is 0 Å². The number of carbonyl (C=O) groups is 2. The smallest absolute Gasteiger partial charge is 0.273 e. The van der Waals surface area contributed by atoms with E-state index >= 15 is 0 Å². The van der Waals surface area contributed by atoms with Crippen molar-refractivity contribution in [2.75, 3.05) is 19.0 Å². The number of nitrogens with zero attached hydrogens (tertiary/aromatic N) is 2. The van der Waals surface area contributed by atoms with Gasteiger partial charge in [0.05, 0.1) is 23.8 Å². The van der Waals surface area contributed by atoms with Crippen molar-refractivity contribution in [2.24, 2.45) is 4.99 Å². The lowest BCUT2D eigenvalue weighted by atomic mass is 10.2. The number of rotatable bonds is 6. The Balaban J connectivity index is 2.04. The summed E-state index contributed by atoms with van der Waals surface area (Å²) in [6, 6.07) is 3.88. The van der Waals surface area contributed by atoms with Crippen molar-refractivity contribution in [1.82, 2.24) is 5.32 Å². The number of nitro groups is 1. The number of benzene rings is 1. The minimum absolute atomic E-state index is 0.0423. The van der Waals surface area contributed by atoms with Crippen molar-refractivity contribution in [3.63, 3.8) is 0 Å². The van der Waals surface area contributed by atoms with Crippen LogP contribution < -0.4 is 15.4 Å². The summed E-state index contributed by atoms with van der Waals surface area (Å²) in [7, 11) is 1.35. The van der Waals surface area contributed by atoms with Gasteiger partial charge in [-0.1, -0.05) is 11.8 Å². The monoisotopic (exact) mass is 352 g/mol. The van der Waals surface area contributed by atoms with Crippen molar-refractivity contribution in [1.29, 1.82) is 0 Å². The summed E-state index contributed by atoms with van der Waals surface area (Å²) in [4.78, 5) is 38.2. The molecule has 1 aliphatic heterocycles. The van der Waals surface area contributed by atoms with Crippen LogP contribution in [0.2, 0.25) is 0 Å². The van der Waals surface area contributed by atoms with Crippen LogP contribution in [-0.4, -0.2) is 40.8 Å². The zero-order valence-corrected chi connectivity index (χ0v) is 13.9. The Morgan fingerprint density at radius 1 is 1.54 bits per heavy atom. The maximum Gasteiger partial charge on any atom is 0.273 e. The van der Waals surface area contributed by atoms with Gasteiger partial charge in [0.15, 0.2) is 5.17 Å². The molecule has 1 saturated heterocycles. The van der Waals surface area contributed by atoms with E-state index in [2.05, 4.69) is 15.6 Å². The van der Waals surface area contributed by atoms with Crippen LogP contribution in [0, 0.1) is 10.1 Å². The van der Waals surface area contributed by atoms with Crippen LogP contribution in [0.25, 0.3) is 0 Å². The lowest BCUT2D eigenvalue weighted by Crippen LogP contribution is -2.28. The summed E-state index contributed by atoms with van der Waals surface area (Å²) in [5.74, 6) is -0.486. The minimum atomic E-state index is -0.556. The van der Waals surface area contributed by atoms with Crippen LogP contribution in [0.4, 0.5) is 11.4 Å². The molecule has 1 fully saturated rings. The first-order valence-corrected chi connectivity index (χ1v) is 7.96. The number of amides is 2. The number of ether oxygens (including phenoxy) is 1. The number of non-ortho nitro benzene ring substituents is 1. The van der Waals surface area contributed by atoms with Crippen LogP contribution in [0.15, 0.2) is 23.2 Å². The Bertz CT molecular complexity index is 706. The Morgan fingerprint density at radius 2 is 2.29 bits per heavy atom. The molecular formula is C14H16N4O5S. The maximum atomic E-state index is 12.1. The van der Waals surface area contributed by atoms with E-state index in [1.54, 1.807) is 0 Å². The molecule has 24 heavy (non-hydrogen) atoms. The number of methoxy groups -OCH3 is 1. The summed E-state index contributed by atoms with van der Waals surface area (Å²) in [6.45, 7) is 2.39. The van der Waals surface area contributed by atoms with E-state index in [4.69, 9.17) is 4.74 Å². The normalized spacial score (nSPS) is 18.3. The molecule has 2 rings (SSSR count). The molecular weight excluding hydrogens is 336 g/mol. The average Bonchev–Trinajstić information content (AvgIpc) is 2.87. The van der Waals surface area contributed by atoms with Crippen molar-refractivity contribution in [3.8, 4) is 5.75 Å². The third-order valence-electron chi connectivity index (χ3n) is 3.12. The van der Waals surface area contributed by atoms with Crippen LogP contribution >= 0.6 is 11.8 Å². The molecule has 1 aromatic rings. The highest BCUT2D eigenvalue weighted by molar-refractivity contribution is 8.15. The molecule has 1 atom stereocenters. The second-order valence-corrected chi connectivity index (χ2v) is 5.96. The molecule has 2 amide bonds. The van der Waals surface area contributed by atoms with Gasteiger partial charge < -0.3 is 15.4 Å². The Kier molecular flexibility index (Phi) is 5.74. The Morgan fingerprint density at radius 3 is 2.92 bits per heavy atom. The van der Waals surface area contributed by atoms with E-state index in [9.17, 15) is 19.7 Å². The number of nitro benzene ring substituents is 1. The molecule has 0 radical (unpaired) electrons. The van der Waals surface area contributed by atoms with Gasteiger partial charge in [-0.05, 0) is 13.0 Å². The number of thioether (sulfide) groups is 1. The molecule has 1 aliphatic rings. The van der Waals surface area contributed by atoms with Crippen LogP contribution in [0.1, 0.15) is 13.3 Å². The van der Waals surface area contributed by atoms with E-state index in [0.29, 0.717) is 17.4 Å². The molecule has 0 bridgehead atoms. The van der Waals surface area contributed by atoms with E-state index in [0.717, 1.165) is 0 Å². The first-order chi connectivity index (χ1) is 11.4. The van der Waals surface area contributed by atoms with Gasteiger partial charge in [-0.25, -0.2) is 0 Å². The lowest BCUT2D eigenvalue weighted by Gasteiger charge is -2.11. The number of hydrogen-bond donors (Lipinski definition) is 2. The molecule has 1 heterocycles. The predicted octanol–water partition coefficient (Wildman–Crippen LogP) is 1.54. The van der Waals surface area contributed by atoms with Crippen LogP contribution in [-0.2, 0) is 9.59 Å². The van der Waals surface area contributed by atoms with Crippen LogP contribution in [0.3, 0.4) is 0 Å². The summed E-state index contributed by atoms with van der Waals surface area (Å²) < 4.78 is 5.05. The zero-order valence-electron chi connectivity index (χ0n) is 13.1. The second-order valence-electron chi connectivity index (χ2n) is 4.77. The minimum Gasteiger partial charge on any atom is -0.494 e. The van der Waals surface area contributed by atoms with E-state index in [1.165, 1.54) is 37.1 Å². The Hall–Kier alpha value is -2.62. The maximum absolute atomic E-state index is 12.1. The van der Waals surface area contributed by atoms with Gasteiger partial charge in [0.2, 0.25) is 11.8 Å². The van der Waals surface area contributed by atoms with E-state index < -0.39 is 16.1 Å². The predicted molar refractivity (Wildman–Crippen MR) is 90.4 cm³/mol. The fourth-order valence-corrected chi connectivity index (χ4v) is 3.06. The number of nitrogens with one attached hydrogen (secondary N) is 2. The van der Waals surface area contributed by atoms with Crippen molar-refractivity contribution in [3.05, 3.63) is 28.3 Å². The third kappa shape index (κ3) is 4.22. The standard InChI is InChI=1S/C14H16N4O5S/c1-3-15-14-17-13(20)11(24-14)7-12(19)16-9-5-4-8(18(21)22)6-10(9)23-2/h4-6,11H,3,7H2,1-2H3,(H,16,19)(H,15,17,20)/t11-/m1/s1. The molecule has 0 aromatic heterocycles. The molecule has 1 aromatic carbocycles. The molecule has 9 nitrogen and oxygen atoms in total. The number of anilines is 1. The summed E-state index contributed by atoms with van der Waals surface area (Å²) in [6.07, 6.45) is -0.0423. The zero-order chi connectivity index (χ0) is 17.7. The fraction of sp³-hybridized carbons (Fsp3) is 0.357. The summed E-state index contributed by atoms with van der Waals surface area (Å²) >= 11 is 1.21. The number of aliphatic imine (C=N–C) groups is 1. The third-order valence-corrected chi connectivity index (χ3v) is 4.24. The number of hydrogen-bond acceptors (Lipinski definition) is 7. The van der Waals surface area contributed by atoms with Gasteiger partial charge in [-0.15, -0.1) is 0 Å². The molecule has 0 unspecified atom stereocenters. The molecule has 0 aliphatic carbocycles. The molecule has 2 N–H and O–H groups in total. The van der Waals surface area contributed by atoms with Crippen molar-refractivity contribution < 1.29 is 19.2 Å². The fourth-order valence-electron chi connectivity index (χ4n) is 2.02. The highest BCUT2D eigenvalue weighted by Gasteiger charge is 2.32. The molecule has 128 valence electrons. The average molecular weight is 352 g/mol. The van der Waals surface area contributed by atoms with E-state index in [-0.39, 0.29) is 23.8 Å². The summed E-state index contributed by atoms with van der Waals surface area (Å²) in [5, 5.41) is 15.9. The topological polar surface area (TPSA) is 123 Å². The largest absolute Gasteiger partial charge is 0.494 e. The Labute approximate surface area is 142 Å². The van der Waals surface area contributed by atoms with Gasteiger partial charge in [-0.3, -0.25) is 24.7 Å². The number of carbonyl (C=O) groups excluding carboxylic acids is 2. The second kappa shape index (κ2) is 7.77. The molecule has 0 saturated carbocycles. The first kappa shape index (κ1) is 17.7. The highest BCUT2D eigenvalue weighted by atomic mass is 32.2. The molecule has 10 heteroatoms. The van der Waals surface area contributed by atoms with Crippen molar-refractivity contribution in [2.45, 2.75) is 18.6 Å². The van der Waals surface area contributed by atoms with E-state index in [1.807, 2.05) is 6.92 Å². The quantitative estimate of drug-likeness (QED) is 0.591. The molecule has 0 spiro atoms. The SMILES string of the molecule is CCN=C1NC(=O)[C@@H](CC(=O)Nc2ccc([N+](=O)[O-])cc2OC)S1. The summed E-state index contributed by atoms with van der Waals surface area (Å²) in [5.41, 5.74) is 0.162. The first-order valence-electron chi connectivity index (χ1n) is 7.08. The van der Waals surface area contributed by atoms with Crippen molar-refractivity contribution >= 4 is 40.1 Å². The van der Waals surface area contributed by atoms with Gasteiger partial charge in [0, 0.05) is 19.0 Å². The number of amidine groups is 1. The van der Waals surface area contributed by atoms with Gasteiger partial charge in [0.25, 0.3) is 5.69 Å². The lowest BCUT2D eigenvalue weighted by molar-refractivity contribution is -0.384. The van der Waals surface area contributed by atoms with Gasteiger partial charge in [0.1, 0.15) is 11.0 Å².